The zero-order valence-corrected chi connectivity index (χ0v) is 7.21. The van der Waals surface area contributed by atoms with Gasteiger partial charge in [-0.15, -0.1) is 0 Å². The molecular weight excluding hydrogens is 140 g/mol. The molecule has 0 amide bonds. The Morgan fingerprint density at radius 3 is 2.73 bits per heavy atom. The van der Waals surface area contributed by atoms with Crippen molar-refractivity contribution in [1.29, 1.82) is 0 Å². The van der Waals surface area contributed by atoms with Gasteiger partial charge in [-0.1, -0.05) is 25.8 Å². The number of hydrogen-bond donors (Lipinski definition) is 1. The van der Waals surface area contributed by atoms with E-state index in [4.69, 9.17) is 0 Å². The third-order valence-electron chi connectivity index (χ3n) is 1.49. The fourth-order valence-corrected chi connectivity index (χ4v) is 0.815. The zero-order valence-electron chi connectivity index (χ0n) is 7.21. The average Bonchev–Trinajstić information content (AvgIpc) is 2.00. The van der Waals surface area contributed by atoms with Gasteiger partial charge in [0, 0.05) is 0 Å². The Bertz CT molecular complexity index is 138. The predicted octanol–water partition coefficient (Wildman–Crippen LogP) is 1.68. The van der Waals surface area contributed by atoms with Gasteiger partial charge < -0.3 is 5.11 Å². The molecular formula is C9H16O2. The van der Waals surface area contributed by atoms with Crippen LogP contribution >= 0.6 is 0 Å². The molecule has 0 bridgehead atoms. The molecule has 1 atom stereocenters. The number of ketones is 1. The van der Waals surface area contributed by atoms with Crippen molar-refractivity contribution in [3.05, 3.63) is 12.2 Å². The summed E-state index contributed by atoms with van der Waals surface area (Å²) in [5.41, 5.74) is 0. The zero-order chi connectivity index (χ0) is 8.69. The monoisotopic (exact) mass is 156 g/mol. The van der Waals surface area contributed by atoms with E-state index in [1.807, 2.05) is 6.92 Å². The summed E-state index contributed by atoms with van der Waals surface area (Å²) in [6.07, 6.45) is 4.79. The van der Waals surface area contributed by atoms with Gasteiger partial charge in [0.25, 0.3) is 0 Å². The number of carbonyl (C=O) groups is 1. The standard InChI is InChI=1S/C9H16O2/c1-3-5-7-9(11)8(10)6-4-2/h4,6,9,11H,3,5,7H2,1-2H3. The molecule has 0 fully saturated rings. The highest BCUT2D eigenvalue weighted by atomic mass is 16.3. The topological polar surface area (TPSA) is 37.3 Å². The number of aliphatic hydroxyl groups is 1. The van der Waals surface area contributed by atoms with Crippen LogP contribution in [0, 0.1) is 0 Å². The molecule has 11 heavy (non-hydrogen) atoms. The van der Waals surface area contributed by atoms with Crippen LogP contribution in [0.3, 0.4) is 0 Å². The molecule has 1 N–H and O–H groups in total. The number of aliphatic hydroxyl groups excluding tert-OH is 1. The lowest BCUT2D eigenvalue weighted by Gasteiger charge is -2.04. The Balaban J connectivity index is 3.64. The molecule has 0 aromatic rings. The SMILES string of the molecule is CC=CC(=O)C(O)CCCC. The minimum Gasteiger partial charge on any atom is -0.385 e. The predicted molar refractivity (Wildman–Crippen MR) is 45.4 cm³/mol. The summed E-state index contributed by atoms with van der Waals surface area (Å²) >= 11 is 0. The number of hydrogen-bond acceptors (Lipinski definition) is 2. The van der Waals surface area contributed by atoms with Crippen molar-refractivity contribution in [2.24, 2.45) is 0 Å². The maximum absolute atomic E-state index is 10.9. The Labute approximate surface area is 67.9 Å². The number of rotatable bonds is 5. The molecule has 2 heteroatoms. The summed E-state index contributed by atoms with van der Waals surface area (Å²) in [6, 6.07) is 0. The molecule has 0 aliphatic carbocycles. The first kappa shape index (κ1) is 10.4. The van der Waals surface area contributed by atoms with E-state index in [0.717, 1.165) is 12.8 Å². The molecule has 0 saturated heterocycles. The molecule has 1 unspecified atom stereocenters. The van der Waals surface area contributed by atoms with Crippen LogP contribution in [0.2, 0.25) is 0 Å². The van der Waals surface area contributed by atoms with E-state index in [9.17, 15) is 9.90 Å². The molecule has 0 heterocycles. The fourth-order valence-electron chi connectivity index (χ4n) is 0.815. The second-order valence-electron chi connectivity index (χ2n) is 2.56. The smallest absolute Gasteiger partial charge is 0.183 e. The molecule has 0 aromatic heterocycles. The van der Waals surface area contributed by atoms with E-state index in [-0.39, 0.29) is 5.78 Å². The Morgan fingerprint density at radius 2 is 2.27 bits per heavy atom. The van der Waals surface area contributed by atoms with Crippen LogP contribution in [0.1, 0.15) is 33.1 Å². The van der Waals surface area contributed by atoms with Crippen LogP contribution in [-0.4, -0.2) is 17.0 Å². The summed E-state index contributed by atoms with van der Waals surface area (Å²) < 4.78 is 0. The molecule has 0 radical (unpaired) electrons. The van der Waals surface area contributed by atoms with E-state index >= 15 is 0 Å². The van der Waals surface area contributed by atoms with E-state index in [1.54, 1.807) is 13.0 Å². The first-order chi connectivity index (χ1) is 5.22. The van der Waals surface area contributed by atoms with Crippen LogP contribution < -0.4 is 0 Å². The third kappa shape index (κ3) is 4.73. The summed E-state index contributed by atoms with van der Waals surface area (Å²) in [5.74, 6) is -0.180. The molecule has 0 aliphatic rings. The van der Waals surface area contributed by atoms with Crippen molar-refractivity contribution < 1.29 is 9.90 Å². The van der Waals surface area contributed by atoms with Crippen LogP contribution in [-0.2, 0) is 4.79 Å². The summed E-state index contributed by atoms with van der Waals surface area (Å²) in [7, 11) is 0. The van der Waals surface area contributed by atoms with Gasteiger partial charge in [-0.25, -0.2) is 0 Å². The summed E-state index contributed by atoms with van der Waals surface area (Å²) in [4.78, 5) is 10.9. The molecule has 2 nitrogen and oxygen atoms in total. The lowest BCUT2D eigenvalue weighted by atomic mass is 10.1. The van der Waals surface area contributed by atoms with Crippen molar-refractivity contribution >= 4 is 5.78 Å². The van der Waals surface area contributed by atoms with Gasteiger partial charge >= 0.3 is 0 Å². The first-order valence-electron chi connectivity index (χ1n) is 4.07. The minimum atomic E-state index is -0.786. The largest absolute Gasteiger partial charge is 0.385 e. The van der Waals surface area contributed by atoms with Crippen molar-refractivity contribution in [1.82, 2.24) is 0 Å². The molecule has 64 valence electrons. The molecule has 0 spiro atoms. The Kier molecular flexibility index (Phi) is 5.75. The van der Waals surface area contributed by atoms with Gasteiger partial charge in [0.15, 0.2) is 5.78 Å². The Hall–Kier alpha value is -0.630. The van der Waals surface area contributed by atoms with Crippen molar-refractivity contribution in [2.45, 2.75) is 39.2 Å². The maximum atomic E-state index is 10.9. The maximum Gasteiger partial charge on any atom is 0.183 e. The first-order valence-corrected chi connectivity index (χ1v) is 4.07. The quantitative estimate of drug-likeness (QED) is 0.615. The number of carbonyl (C=O) groups excluding carboxylic acids is 1. The summed E-state index contributed by atoms with van der Waals surface area (Å²) in [5, 5.41) is 9.18. The molecule has 0 aromatic carbocycles. The molecule has 0 saturated carbocycles. The van der Waals surface area contributed by atoms with Gasteiger partial charge in [0.2, 0.25) is 0 Å². The highest BCUT2D eigenvalue weighted by Crippen LogP contribution is 2.01. The van der Waals surface area contributed by atoms with E-state index < -0.39 is 6.10 Å². The minimum absolute atomic E-state index is 0.180. The lowest BCUT2D eigenvalue weighted by Crippen LogP contribution is -2.17. The van der Waals surface area contributed by atoms with Crippen molar-refractivity contribution in [3.8, 4) is 0 Å². The van der Waals surface area contributed by atoms with Crippen LogP contribution in [0.4, 0.5) is 0 Å². The highest BCUT2D eigenvalue weighted by Gasteiger charge is 2.09. The van der Waals surface area contributed by atoms with Gasteiger partial charge in [-0.3, -0.25) is 4.79 Å². The van der Waals surface area contributed by atoms with Gasteiger partial charge in [-0.05, 0) is 19.4 Å². The second-order valence-corrected chi connectivity index (χ2v) is 2.56. The highest BCUT2D eigenvalue weighted by molar-refractivity contribution is 5.93. The van der Waals surface area contributed by atoms with Crippen LogP contribution in [0.25, 0.3) is 0 Å². The van der Waals surface area contributed by atoms with Crippen LogP contribution in [0.5, 0.6) is 0 Å². The van der Waals surface area contributed by atoms with Crippen molar-refractivity contribution in [3.63, 3.8) is 0 Å². The molecule has 0 rings (SSSR count). The number of unbranched alkanes of at least 4 members (excludes halogenated alkanes) is 1. The van der Waals surface area contributed by atoms with Crippen LogP contribution in [0.15, 0.2) is 12.2 Å². The fraction of sp³-hybridized carbons (Fsp3) is 0.667. The Morgan fingerprint density at radius 1 is 1.64 bits per heavy atom. The van der Waals surface area contributed by atoms with Gasteiger partial charge in [0.1, 0.15) is 6.10 Å². The lowest BCUT2D eigenvalue weighted by molar-refractivity contribution is -0.122. The van der Waals surface area contributed by atoms with Gasteiger partial charge in [0.05, 0.1) is 0 Å². The van der Waals surface area contributed by atoms with E-state index in [1.165, 1.54) is 6.08 Å². The van der Waals surface area contributed by atoms with Crippen molar-refractivity contribution in [2.75, 3.05) is 0 Å². The van der Waals surface area contributed by atoms with Gasteiger partial charge in [-0.2, -0.15) is 0 Å². The third-order valence-corrected chi connectivity index (χ3v) is 1.49. The second kappa shape index (κ2) is 6.10. The average molecular weight is 156 g/mol. The van der Waals surface area contributed by atoms with E-state index in [2.05, 4.69) is 0 Å². The van der Waals surface area contributed by atoms with E-state index in [0.29, 0.717) is 6.42 Å². The number of allylic oxidation sites excluding steroid dienone is 1. The normalized spacial score (nSPS) is 13.7. The molecule has 0 aliphatic heterocycles. The summed E-state index contributed by atoms with van der Waals surface area (Å²) in [6.45, 7) is 3.80.